The molecule has 1 aromatic carbocycles. The standard InChI is InChI=1S/C16H14N6O/c17-7-12-1-3-14(4-2-12)22-9-15(19-11-22)20-16(23)13-5-6-21(8-13)10-18/h1-4,9,11,13H,5-6,8H2,(H,20,23)/t13-/m0/s1. The van der Waals surface area contributed by atoms with Crippen LogP contribution < -0.4 is 5.32 Å². The molecule has 3 rings (SSSR count). The summed E-state index contributed by atoms with van der Waals surface area (Å²) in [7, 11) is 0. The summed E-state index contributed by atoms with van der Waals surface area (Å²) in [4.78, 5) is 17.9. The molecule has 1 atom stereocenters. The Hall–Kier alpha value is -3.32. The van der Waals surface area contributed by atoms with Crippen LogP contribution >= 0.6 is 0 Å². The molecule has 1 N–H and O–H groups in total. The smallest absolute Gasteiger partial charge is 0.230 e. The first-order valence-corrected chi connectivity index (χ1v) is 7.19. The molecule has 0 spiro atoms. The highest BCUT2D eigenvalue weighted by atomic mass is 16.2. The maximum atomic E-state index is 12.2. The lowest BCUT2D eigenvalue weighted by Crippen LogP contribution is -2.25. The summed E-state index contributed by atoms with van der Waals surface area (Å²) < 4.78 is 1.77. The van der Waals surface area contributed by atoms with Crippen LogP contribution in [-0.2, 0) is 4.79 Å². The molecule has 1 fully saturated rings. The van der Waals surface area contributed by atoms with Crippen molar-refractivity contribution in [3.8, 4) is 17.9 Å². The Labute approximate surface area is 133 Å². The molecular weight excluding hydrogens is 292 g/mol. The van der Waals surface area contributed by atoms with Gasteiger partial charge in [0.2, 0.25) is 5.91 Å². The highest BCUT2D eigenvalue weighted by Crippen LogP contribution is 2.18. The number of nitriles is 2. The van der Waals surface area contributed by atoms with E-state index < -0.39 is 0 Å². The Balaban J connectivity index is 1.66. The molecule has 1 amide bonds. The van der Waals surface area contributed by atoms with Gasteiger partial charge >= 0.3 is 0 Å². The number of benzene rings is 1. The minimum Gasteiger partial charge on any atom is -0.310 e. The molecule has 7 heteroatoms. The van der Waals surface area contributed by atoms with Crippen LogP contribution in [0.5, 0.6) is 0 Å². The number of carbonyl (C=O) groups excluding carboxylic acids is 1. The van der Waals surface area contributed by atoms with Gasteiger partial charge in [-0.15, -0.1) is 0 Å². The minimum absolute atomic E-state index is 0.118. The normalized spacial score (nSPS) is 16.6. The van der Waals surface area contributed by atoms with Gasteiger partial charge < -0.3 is 14.8 Å². The maximum absolute atomic E-state index is 12.2. The Morgan fingerprint density at radius 3 is 2.74 bits per heavy atom. The molecule has 2 heterocycles. The lowest BCUT2D eigenvalue weighted by molar-refractivity contribution is -0.119. The molecule has 1 saturated heterocycles. The molecule has 7 nitrogen and oxygen atoms in total. The van der Waals surface area contributed by atoms with Crippen molar-refractivity contribution in [2.75, 3.05) is 18.4 Å². The van der Waals surface area contributed by atoms with E-state index in [2.05, 4.69) is 22.6 Å². The third-order valence-electron chi connectivity index (χ3n) is 3.83. The fourth-order valence-electron chi connectivity index (χ4n) is 2.53. The summed E-state index contributed by atoms with van der Waals surface area (Å²) in [5, 5.41) is 20.4. The van der Waals surface area contributed by atoms with Crippen LogP contribution in [0, 0.1) is 28.7 Å². The van der Waals surface area contributed by atoms with Crippen molar-refractivity contribution < 1.29 is 4.79 Å². The SMILES string of the molecule is N#Cc1ccc(-n2cnc(NC(=O)[C@H]3CCN(C#N)C3)c2)cc1. The van der Waals surface area contributed by atoms with Crippen molar-refractivity contribution in [3.05, 3.63) is 42.4 Å². The molecule has 114 valence electrons. The van der Waals surface area contributed by atoms with Crippen LogP contribution in [0.1, 0.15) is 12.0 Å². The van der Waals surface area contributed by atoms with Crippen LogP contribution in [0.2, 0.25) is 0 Å². The quantitative estimate of drug-likeness (QED) is 0.866. The van der Waals surface area contributed by atoms with E-state index >= 15 is 0 Å². The van der Waals surface area contributed by atoms with Crippen molar-refractivity contribution in [2.24, 2.45) is 5.92 Å². The Morgan fingerprint density at radius 1 is 1.30 bits per heavy atom. The molecule has 0 radical (unpaired) electrons. The first-order chi connectivity index (χ1) is 11.2. The second-order valence-corrected chi connectivity index (χ2v) is 5.35. The van der Waals surface area contributed by atoms with Gasteiger partial charge in [0.25, 0.3) is 0 Å². The van der Waals surface area contributed by atoms with Crippen molar-refractivity contribution >= 4 is 11.7 Å². The fraction of sp³-hybridized carbons (Fsp3) is 0.250. The third kappa shape index (κ3) is 3.14. The Morgan fingerprint density at radius 2 is 2.09 bits per heavy atom. The summed E-state index contributed by atoms with van der Waals surface area (Å²) in [5.74, 6) is 0.164. The zero-order valence-corrected chi connectivity index (χ0v) is 12.3. The molecular formula is C16H14N6O. The zero-order chi connectivity index (χ0) is 16.2. The van der Waals surface area contributed by atoms with Gasteiger partial charge in [0.05, 0.1) is 23.7 Å². The molecule has 0 bridgehead atoms. The largest absolute Gasteiger partial charge is 0.310 e. The average Bonchev–Trinajstić information content (AvgIpc) is 3.24. The topological polar surface area (TPSA) is 97.7 Å². The maximum Gasteiger partial charge on any atom is 0.230 e. The van der Waals surface area contributed by atoms with Crippen molar-refractivity contribution in [2.45, 2.75) is 6.42 Å². The second-order valence-electron chi connectivity index (χ2n) is 5.35. The van der Waals surface area contributed by atoms with E-state index in [9.17, 15) is 4.79 Å². The monoisotopic (exact) mass is 306 g/mol. The molecule has 0 unspecified atom stereocenters. The van der Waals surface area contributed by atoms with Crippen LogP contribution in [0.4, 0.5) is 5.82 Å². The van der Waals surface area contributed by atoms with Gasteiger partial charge in [0.1, 0.15) is 6.33 Å². The fourth-order valence-corrected chi connectivity index (χ4v) is 2.53. The zero-order valence-electron chi connectivity index (χ0n) is 12.3. The van der Waals surface area contributed by atoms with Crippen LogP contribution in [0.3, 0.4) is 0 Å². The summed E-state index contributed by atoms with van der Waals surface area (Å²) in [6.45, 7) is 1.08. The van der Waals surface area contributed by atoms with E-state index in [4.69, 9.17) is 10.5 Å². The molecule has 0 saturated carbocycles. The predicted octanol–water partition coefficient (Wildman–Crippen LogP) is 1.49. The van der Waals surface area contributed by atoms with Crippen molar-refractivity contribution in [1.29, 1.82) is 10.5 Å². The van der Waals surface area contributed by atoms with E-state index in [1.807, 2.05) is 12.1 Å². The second kappa shape index (κ2) is 6.20. The van der Waals surface area contributed by atoms with Gasteiger partial charge in [0.15, 0.2) is 12.0 Å². The summed E-state index contributed by atoms with van der Waals surface area (Å²) in [6.07, 6.45) is 6.06. The number of hydrogen-bond acceptors (Lipinski definition) is 5. The lowest BCUT2D eigenvalue weighted by atomic mass is 10.1. The summed E-state index contributed by atoms with van der Waals surface area (Å²) >= 11 is 0. The predicted molar refractivity (Wildman–Crippen MR) is 82.2 cm³/mol. The average molecular weight is 306 g/mol. The van der Waals surface area contributed by atoms with Crippen LogP contribution in [-0.4, -0.2) is 33.4 Å². The van der Waals surface area contributed by atoms with Gasteiger partial charge in [-0.1, -0.05) is 0 Å². The number of nitrogens with zero attached hydrogens (tertiary/aromatic N) is 5. The van der Waals surface area contributed by atoms with Crippen molar-refractivity contribution in [1.82, 2.24) is 14.5 Å². The van der Waals surface area contributed by atoms with E-state index in [1.165, 1.54) is 0 Å². The first kappa shape index (κ1) is 14.6. The summed E-state index contributed by atoms with van der Waals surface area (Å²) in [5.41, 5.74) is 1.44. The number of likely N-dealkylation sites (tertiary alicyclic amines) is 1. The first-order valence-electron chi connectivity index (χ1n) is 7.19. The highest BCUT2D eigenvalue weighted by molar-refractivity contribution is 5.92. The lowest BCUT2D eigenvalue weighted by Gasteiger charge is -2.08. The minimum atomic E-state index is -0.185. The molecule has 0 aliphatic carbocycles. The molecule has 1 aliphatic rings. The van der Waals surface area contributed by atoms with Gasteiger partial charge in [-0.3, -0.25) is 4.79 Å². The van der Waals surface area contributed by atoms with E-state index in [0.29, 0.717) is 30.9 Å². The van der Waals surface area contributed by atoms with Gasteiger partial charge in [-0.05, 0) is 30.7 Å². The number of imidazole rings is 1. The van der Waals surface area contributed by atoms with E-state index in [1.54, 1.807) is 34.1 Å². The number of anilines is 1. The number of carbonyl (C=O) groups is 1. The number of nitrogens with one attached hydrogen (secondary N) is 1. The van der Waals surface area contributed by atoms with Gasteiger partial charge in [-0.2, -0.15) is 10.5 Å². The van der Waals surface area contributed by atoms with Crippen molar-refractivity contribution in [3.63, 3.8) is 0 Å². The Bertz CT molecular complexity index is 795. The van der Waals surface area contributed by atoms with E-state index in [0.717, 1.165) is 5.69 Å². The number of rotatable bonds is 3. The number of hydrogen-bond donors (Lipinski definition) is 1. The molecule has 1 aromatic heterocycles. The van der Waals surface area contributed by atoms with Crippen LogP contribution in [0.15, 0.2) is 36.8 Å². The molecule has 23 heavy (non-hydrogen) atoms. The van der Waals surface area contributed by atoms with Crippen LogP contribution in [0.25, 0.3) is 5.69 Å². The number of amides is 1. The summed E-state index contributed by atoms with van der Waals surface area (Å²) in [6, 6.07) is 9.14. The van der Waals surface area contributed by atoms with E-state index in [-0.39, 0.29) is 11.8 Å². The van der Waals surface area contributed by atoms with Gasteiger partial charge in [-0.25, -0.2) is 4.98 Å². The highest BCUT2D eigenvalue weighted by Gasteiger charge is 2.28. The molecule has 2 aromatic rings. The number of aromatic nitrogens is 2. The Kier molecular flexibility index (Phi) is 3.94. The molecule has 1 aliphatic heterocycles. The van der Waals surface area contributed by atoms with Gasteiger partial charge in [0, 0.05) is 18.8 Å². The third-order valence-corrected chi connectivity index (χ3v) is 3.83.